The van der Waals surface area contributed by atoms with Crippen LogP contribution in [0.3, 0.4) is 0 Å². The number of nitro groups is 1. The van der Waals surface area contributed by atoms with E-state index in [9.17, 15) is 10.1 Å². The molecule has 1 aliphatic heterocycles. The Labute approximate surface area is 172 Å². The molecule has 152 valence electrons. The van der Waals surface area contributed by atoms with E-state index in [1.54, 1.807) is 30.4 Å². The van der Waals surface area contributed by atoms with E-state index in [-0.39, 0.29) is 5.69 Å². The summed E-state index contributed by atoms with van der Waals surface area (Å²) in [5.74, 6) is 1.72. The molecule has 0 unspecified atom stereocenters. The smallest absolute Gasteiger partial charge is 0.272 e. The highest BCUT2D eigenvalue weighted by Crippen LogP contribution is 2.37. The molecular formula is C20H22N4O4S. The van der Waals surface area contributed by atoms with Crippen molar-refractivity contribution in [2.45, 2.75) is 27.3 Å². The normalized spacial score (nSPS) is 15.0. The second-order valence-corrected chi connectivity index (χ2v) is 8.31. The van der Waals surface area contributed by atoms with Crippen molar-refractivity contribution in [3.8, 4) is 11.6 Å². The zero-order chi connectivity index (χ0) is 20.5. The van der Waals surface area contributed by atoms with Gasteiger partial charge in [0.1, 0.15) is 16.4 Å². The minimum Gasteiger partial charge on any atom is -0.438 e. The Morgan fingerprint density at radius 2 is 2.00 bits per heavy atom. The molecule has 0 amide bonds. The van der Waals surface area contributed by atoms with Crippen LogP contribution in [-0.4, -0.2) is 46.1 Å². The number of nitrogens with zero attached hydrogens (tertiary/aromatic N) is 4. The second kappa shape index (κ2) is 8.02. The third-order valence-corrected chi connectivity index (χ3v) is 6.19. The van der Waals surface area contributed by atoms with E-state index in [1.807, 2.05) is 6.92 Å². The zero-order valence-electron chi connectivity index (χ0n) is 16.6. The van der Waals surface area contributed by atoms with E-state index in [4.69, 9.17) is 19.4 Å². The Balaban J connectivity index is 1.71. The highest BCUT2D eigenvalue weighted by atomic mass is 32.1. The molecule has 1 aromatic carbocycles. The molecule has 1 saturated heterocycles. The number of hydrogen-bond donors (Lipinski definition) is 0. The summed E-state index contributed by atoms with van der Waals surface area (Å²) in [5.41, 5.74) is 1.71. The van der Waals surface area contributed by atoms with Crippen molar-refractivity contribution < 1.29 is 14.4 Å². The van der Waals surface area contributed by atoms with Crippen LogP contribution in [0.25, 0.3) is 10.2 Å². The summed E-state index contributed by atoms with van der Waals surface area (Å²) in [6.07, 6.45) is 0. The summed E-state index contributed by atoms with van der Waals surface area (Å²) < 4.78 is 11.5. The Bertz CT molecular complexity index is 1080. The molecule has 3 aromatic rings. The van der Waals surface area contributed by atoms with Gasteiger partial charge in [0.25, 0.3) is 5.69 Å². The molecule has 0 spiro atoms. The maximum absolute atomic E-state index is 11.1. The largest absolute Gasteiger partial charge is 0.438 e. The second-order valence-electron chi connectivity index (χ2n) is 7.10. The maximum atomic E-state index is 11.1. The van der Waals surface area contributed by atoms with Gasteiger partial charge < -0.3 is 9.47 Å². The van der Waals surface area contributed by atoms with Gasteiger partial charge in [-0.25, -0.2) is 4.98 Å². The quantitative estimate of drug-likeness (QED) is 0.457. The lowest BCUT2D eigenvalue weighted by Gasteiger charge is -2.25. The Morgan fingerprint density at radius 1 is 1.24 bits per heavy atom. The lowest BCUT2D eigenvalue weighted by Crippen LogP contribution is -2.36. The van der Waals surface area contributed by atoms with Gasteiger partial charge in [0, 0.05) is 29.6 Å². The Morgan fingerprint density at radius 3 is 2.69 bits per heavy atom. The molecule has 0 N–H and O–H groups in total. The van der Waals surface area contributed by atoms with Crippen LogP contribution >= 0.6 is 11.3 Å². The zero-order valence-corrected chi connectivity index (χ0v) is 17.4. The molecule has 2 aromatic heterocycles. The lowest BCUT2D eigenvalue weighted by molar-refractivity contribution is -0.385. The predicted molar refractivity (Wildman–Crippen MR) is 111 cm³/mol. The molecule has 0 radical (unpaired) electrons. The van der Waals surface area contributed by atoms with Gasteiger partial charge in [0.05, 0.1) is 30.1 Å². The minimum absolute atomic E-state index is 0.0701. The van der Waals surface area contributed by atoms with Gasteiger partial charge in [-0.05, 0) is 38.5 Å². The van der Waals surface area contributed by atoms with E-state index in [0.717, 1.165) is 28.9 Å². The van der Waals surface area contributed by atoms with Gasteiger partial charge in [-0.1, -0.05) is 0 Å². The summed E-state index contributed by atoms with van der Waals surface area (Å²) in [4.78, 5) is 24.5. The van der Waals surface area contributed by atoms with Crippen LogP contribution in [0.15, 0.2) is 18.2 Å². The summed E-state index contributed by atoms with van der Waals surface area (Å²) in [6, 6.07) is 4.74. The monoisotopic (exact) mass is 414 g/mol. The van der Waals surface area contributed by atoms with Gasteiger partial charge in [0.15, 0.2) is 0 Å². The van der Waals surface area contributed by atoms with E-state index in [0.29, 0.717) is 42.8 Å². The first-order valence-corrected chi connectivity index (χ1v) is 10.2. The van der Waals surface area contributed by atoms with E-state index in [2.05, 4.69) is 11.8 Å². The number of rotatable bonds is 5. The summed E-state index contributed by atoms with van der Waals surface area (Å²) in [7, 11) is 0. The molecule has 8 nitrogen and oxygen atoms in total. The predicted octanol–water partition coefficient (Wildman–Crippen LogP) is 4.15. The Hall–Kier alpha value is -2.62. The third kappa shape index (κ3) is 4.07. The highest BCUT2D eigenvalue weighted by molar-refractivity contribution is 7.18. The van der Waals surface area contributed by atoms with Crippen LogP contribution in [0, 0.1) is 30.9 Å². The third-order valence-electron chi connectivity index (χ3n) is 5.09. The molecule has 0 atom stereocenters. The molecule has 3 heterocycles. The fourth-order valence-electron chi connectivity index (χ4n) is 3.37. The van der Waals surface area contributed by atoms with Crippen LogP contribution in [-0.2, 0) is 11.3 Å². The molecule has 0 bridgehead atoms. The Kier molecular flexibility index (Phi) is 5.44. The number of nitro benzene ring substituents is 1. The SMILES string of the molecule is Cc1cc(Oc2nc(CN3CCOCC3)nc3sc(C)c(C)c23)ccc1[N+](=O)[O-]. The molecule has 0 aliphatic carbocycles. The van der Waals surface area contributed by atoms with Crippen molar-refractivity contribution in [3.63, 3.8) is 0 Å². The number of morpholine rings is 1. The first kappa shape index (κ1) is 19.7. The number of aryl methyl sites for hydroxylation is 3. The van der Waals surface area contributed by atoms with Crippen LogP contribution in [0.2, 0.25) is 0 Å². The van der Waals surface area contributed by atoms with Gasteiger partial charge in [-0.3, -0.25) is 15.0 Å². The van der Waals surface area contributed by atoms with Crippen LogP contribution in [0.4, 0.5) is 5.69 Å². The van der Waals surface area contributed by atoms with Gasteiger partial charge in [-0.2, -0.15) is 4.98 Å². The van der Waals surface area contributed by atoms with Crippen LogP contribution in [0.5, 0.6) is 11.6 Å². The van der Waals surface area contributed by atoms with Gasteiger partial charge in [-0.15, -0.1) is 11.3 Å². The van der Waals surface area contributed by atoms with Crippen LogP contribution in [0.1, 0.15) is 21.8 Å². The van der Waals surface area contributed by atoms with Crippen molar-refractivity contribution >= 4 is 27.2 Å². The standard InChI is InChI=1S/C20H22N4O4S/c1-12-10-15(4-5-16(12)24(25)26)28-19-18-13(2)14(3)29-20(18)22-17(21-19)11-23-6-8-27-9-7-23/h4-5,10H,6-9,11H2,1-3H3. The van der Waals surface area contributed by atoms with Crippen molar-refractivity contribution in [2.24, 2.45) is 0 Å². The summed E-state index contributed by atoms with van der Waals surface area (Å²) >= 11 is 1.63. The minimum atomic E-state index is -0.394. The lowest BCUT2D eigenvalue weighted by atomic mass is 10.2. The van der Waals surface area contributed by atoms with Crippen LogP contribution < -0.4 is 4.74 Å². The van der Waals surface area contributed by atoms with Crippen molar-refractivity contribution in [3.05, 3.63) is 50.1 Å². The number of aromatic nitrogens is 2. The molecule has 0 saturated carbocycles. The van der Waals surface area contributed by atoms with Crippen molar-refractivity contribution in [1.82, 2.24) is 14.9 Å². The van der Waals surface area contributed by atoms with E-state index < -0.39 is 4.92 Å². The molecule has 9 heteroatoms. The molecule has 29 heavy (non-hydrogen) atoms. The number of ether oxygens (including phenoxy) is 2. The highest BCUT2D eigenvalue weighted by Gasteiger charge is 2.20. The maximum Gasteiger partial charge on any atom is 0.272 e. The molecule has 1 fully saturated rings. The fourth-order valence-corrected chi connectivity index (χ4v) is 4.41. The number of benzene rings is 1. The topological polar surface area (TPSA) is 90.6 Å². The number of fused-ring (bicyclic) bond motifs is 1. The van der Waals surface area contributed by atoms with Crippen molar-refractivity contribution in [1.29, 1.82) is 0 Å². The van der Waals surface area contributed by atoms with E-state index >= 15 is 0 Å². The van der Waals surface area contributed by atoms with Gasteiger partial charge in [0.2, 0.25) is 5.88 Å². The molecule has 1 aliphatic rings. The number of hydrogen-bond acceptors (Lipinski definition) is 8. The first-order valence-electron chi connectivity index (χ1n) is 9.42. The summed E-state index contributed by atoms with van der Waals surface area (Å²) in [6.45, 7) is 9.55. The van der Waals surface area contributed by atoms with Gasteiger partial charge >= 0.3 is 0 Å². The average Bonchev–Trinajstić information content (AvgIpc) is 2.96. The summed E-state index contributed by atoms with van der Waals surface area (Å²) in [5, 5.41) is 12.0. The molecular weight excluding hydrogens is 392 g/mol. The fraction of sp³-hybridized carbons (Fsp3) is 0.400. The van der Waals surface area contributed by atoms with E-state index in [1.165, 1.54) is 10.9 Å². The molecule has 4 rings (SSSR count). The first-order chi connectivity index (χ1) is 13.9. The van der Waals surface area contributed by atoms with Crippen molar-refractivity contribution in [2.75, 3.05) is 26.3 Å². The number of thiophene rings is 1. The average molecular weight is 414 g/mol.